The molecule has 33 heavy (non-hydrogen) atoms. The zero-order chi connectivity index (χ0) is 23.4. The largest absolute Gasteiger partial charge is 0.497 e. The highest BCUT2D eigenvalue weighted by Crippen LogP contribution is 2.40. The summed E-state index contributed by atoms with van der Waals surface area (Å²) in [6, 6.07) is 5.38. The fourth-order valence-electron chi connectivity index (χ4n) is 4.23. The molecule has 0 radical (unpaired) electrons. The Bertz CT molecular complexity index is 1120. The van der Waals surface area contributed by atoms with Crippen LogP contribution >= 0.6 is 0 Å². The first-order valence-corrected chi connectivity index (χ1v) is 11.0. The van der Waals surface area contributed by atoms with Crippen LogP contribution < -0.4 is 14.8 Å². The van der Waals surface area contributed by atoms with Gasteiger partial charge in [-0.25, -0.2) is 14.8 Å². The maximum Gasteiger partial charge on any atom is 0.341 e. The van der Waals surface area contributed by atoms with E-state index in [1.807, 2.05) is 6.92 Å². The Balaban J connectivity index is 1.78. The lowest BCUT2D eigenvalue weighted by molar-refractivity contribution is 0.0601. The number of carbonyl (C=O) groups excluding carboxylic acids is 1. The molecule has 1 aliphatic rings. The summed E-state index contributed by atoms with van der Waals surface area (Å²) in [4.78, 5) is 21.6. The molecule has 9 heteroatoms. The molecule has 0 bridgehead atoms. The smallest absolute Gasteiger partial charge is 0.341 e. The van der Waals surface area contributed by atoms with Crippen LogP contribution in [0.3, 0.4) is 0 Å². The second-order valence-corrected chi connectivity index (χ2v) is 8.01. The summed E-state index contributed by atoms with van der Waals surface area (Å²) in [5, 5.41) is 7.53. The molecular formula is C24H28N4O5. The molecule has 3 aromatic rings. The minimum Gasteiger partial charge on any atom is -0.497 e. The van der Waals surface area contributed by atoms with Crippen LogP contribution in [0.4, 0.5) is 11.6 Å². The van der Waals surface area contributed by atoms with Gasteiger partial charge in [0.25, 0.3) is 0 Å². The molecule has 0 spiro atoms. The van der Waals surface area contributed by atoms with E-state index in [-0.39, 0.29) is 11.5 Å². The first kappa shape index (κ1) is 22.6. The standard InChI is InChI=1S/C24H28N4O5/c1-14-20(21(28-33-14)15-8-6-5-7-9-15)22-19(23(29)32-4)13-25-24(27-22)26-16-10-17(30-2)12-18(11-16)31-3/h10-13,15H,5-9H2,1-4H3,(H,25,26,27). The second-order valence-electron chi connectivity index (χ2n) is 8.01. The van der Waals surface area contributed by atoms with Crippen molar-refractivity contribution >= 4 is 17.6 Å². The van der Waals surface area contributed by atoms with Gasteiger partial charge in [-0.05, 0) is 19.8 Å². The lowest BCUT2D eigenvalue weighted by Crippen LogP contribution is -2.11. The van der Waals surface area contributed by atoms with Crippen LogP contribution in [0, 0.1) is 6.92 Å². The van der Waals surface area contributed by atoms with Crippen molar-refractivity contribution in [3.63, 3.8) is 0 Å². The molecule has 1 saturated carbocycles. The Kier molecular flexibility index (Phi) is 6.76. The topological polar surface area (TPSA) is 109 Å². The quantitative estimate of drug-likeness (QED) is 0.493. The van der Waals surface area contributed by atoms with Crippen molar-refractivity contribution in [1.29, 1.82) is 0 Å². The first-order chi connectivity index (χ1) is 16.0. The van der Waals surface area contributed by atoms with Gasteiger partial charge in [0.1, 0.15) is 22.8 Å². The highest BCUT2D eigenvalue weighted by molar-refractivity contribution is 5.96. The Labute approximate surface area is 192 Å². The molecular weight excluding hydrogens is 424 g/mol. The van der Waals surface area contributed by atoms with E-state index in [0.717, 1.165) is 36.9 Å². The molecule has 9 nitrogen and oxygen atoms in total. The van der Waals surface area contributed by atoms with Crippen LogP contribution in [0.2, 0.25) is 0 Å². The van der Waals surface area contributed by atoms with Crippen LogP contribution in [0.25, 0.3) is 11.3 Å². The molecule has 1 aliphatic carbocycles. The van der Waals surface area contributed by atoms with Crippen LogP contribution in [0.1, 0.15) is 59.8 Å². The fourth-order valence-corrected chi connectivity index (χ4v) is 4.23. The number of hydrogen-bond donors (Lipinski definition) is 1. The van der Waals surface area contributed by atoms with Crippen molar-refractivity contribution in [2.24, 2.45) is 0 Å². The highest BCUT2D eigenvalue weighted by atomic mass is 16.5. The molecule has 1 N–H and O–H groups in total. The zero-order valence-electron chi connectivity index (χ0n) is 19.3. The van der Waals surface area contributed by atoms with Crippen molar-refractivity contribution in [3.8, 4) is 22.8 Å². The third-order valence-electron chi connectivity index (χ3n) is 5.92. The van der Waals surface area contributed by atoms with Crippen LogP contribution in [0.15, 0.2) is 28.9 Å². The predicted octanol–water partition coefficient (Wildman–Crippen LogP) is 5.04. The van der Waals surface area contributed by atoms with Crippen molar-refractivity contribution in [3.05, 3.63) is 41.4 Å². The van der Waals surface area contributed by atoms with Crippen molar-refractivity contribution < 1.29 is 23.5 Å². The van der Waals surface area contributed by atoms with Gasteiger partial charge in [-0.2, -0.15) is 0 Å². The van der Waals surface area contributed by atoms with Gasteiger partial charge >= 0.3 is 5.97 Å². The number of methoxy groups -OCH3 is 3. The average Bonchev–Trinajstić information content (AvgIpc) is 3.24. The van der Waals surface area contributed by atoms with Crippen molar-refractivity contribution in [1.82, 2.24) is 15.1 Å². The van der Waals surface area contributed by atoms with Gasteiger partial charge in [-0.1, -0.05) is 24.4 Å². The lowest BCUT2D eigenvalue weighted by atomic mass is 9.84. The summed E-state index contributed by atoms with van der Waals surface area (Å²) in [5.74, 6) is 1.91. The number of ether oxygens (including phenoxy) is 3. The van der Waals surface area contributed by atoms with E-state index in [4.69, 9.17) is 23.7 Å². The SMILES string of the molecule is COC(=O)c1cnc(Nc2cc(OC)cc(OC)c2)nc1-c1c(C2CCCCC2)noc1C. The second kappa shape index (κ2) is 9.89. The number of anilines is 2. The van der Waals surface area contributed by atoms with Gasteiger partial charge in [-0.3, -0.25) is 0 Å². The summed E-state index contributed by atoms with van der Waals surface area (Å²) in [6.07, 6.45) is 7.05. The van der Waals surface area contributed by atoms with E-state index in [2.05, 4.69) is 15.5 Å². The van der Waals surface area contributed by atoms with E-state index in [1.54, 1.807) is 32.4 Å². The minimum atomic E-state index is -0.519. The molecule has 1 aromatic carbocycles. The number of aromatic nitrogens is 3. The van der Waals surface area contributed by atoms with Gasteiger partial charge < -0.3 is 24.1 Å². The van der Waals surface area contributed by atoms with Crippen LogP contribution in [-0.2, 0) is 4.74 Å². The summed E-state index contributed by atoms with van der Waals surface area (Å²) in [5.41, 5.74) is 2.95. The molecule has 0 atom stereocenters. The van der Waals surface area contributed by atoms with Crippen molar-refractivity contribution in [2.75, 3.05) is 26.6 Å². The predicted molar refractivity (Wildman–Crippen MR) is 122 cm³/mol. The Morgan fingerprint density at radius 1 is 1.06 bits per heavy atom. The summed E-state index contributed by atoms with van der Waals surface area (Å²) in [7, 11) is 4.50. The molecule has 0 saturated heterocycles. The van der Waals surface area contributed by atoms with Gasteiger partial charge in [-0.15, -0.1) is 0 Å². The number of esters is 1. The Morgan fingerprint density at radius 3 is 2.39 bits per heavy atom. The van der Waals surface area contributed by atoms with E-state index in [1.165, 1.54) is 19.7 Å². The molecule has 0 aliphatic heterocycles. The van der Waals surface area contributed by atoms with Crippen LogP contribution in [-0.4, -0.2) is 42.4 Å². The normalized spacial score (nSPS) is 14.1. The molecule has 174 valence electrons. The Morgan fingerprint density at radius 2 is 1.76 bits per heavy atom. The van der Waals surface area contributed by atoms with E-state index >= 15 is 0 Å². The van der Waals surface area contributed by atoms with Gasteiger partial charge in [0, 0.05) is 36.0 Å². The molecule has 0 amide bonds. The summed E-state index contributed by atoms with van der Waals surface area (Å²) >= 11 is 0. The van der Waals surface area contributed by atoms with Crippen molar-refractivity contribution in [2.45, 2.75) is 44.9 Å². The lowest BCUT2D eigenvalue weighted by Gasteiger charge is -2.20. The number of hydrogen-bond acceptors (Lipinski definition) is 9. The molecule has 0 unspecified atom stereocenters. The Hall–Kier alpha value is -3.62. The molecule has 4 rings (SSSR count). The van der Waals surface area contributed by atoms with E-state index in [0.29, 0.717) is 34.6 Å². The maximum atomic E-state index is 12.6. The molecule has 2 heterocycles. The number of nitrogens with zero attached hydrogens (tertiary/aromatic N) is 3. The number of benzene rings is 1. The maximum absolute atomic E-state index is 12.6. The van der Waals surface area contributed by atoms with E-state index in [9.17, 15) is 4.79 Å². The third kappa shape index (κ3) is 4.76. The zero-order valence-corrected chi connectivity index (χ0v) is 19.3. The summed E-state index contributed by atoms with van der Waals surface area (Å²) in [6.45, 7) is 1.83. The first-order valence-electron chi connectivity index (χ1n) is 11.0. The van der Waals surface area contributed by atoms with Gasteiger partial charge in [0.05, 0.1) is 38.3 Å². The number of carbonyl (C=O) groups is 1. The number of rotatable bonds is 7. The van der Waals surface area contributed by atoms with Gasteiger partial charge in [0.2, 0.25) is 5.95 Å². The third-order valence-corrected chi connectivity index (χ3v) is 5.92. The molecule has 2 aromatic heterocycles. The average molecular weight is 453 g/mol. The minimum absolute atomic E-state index is 0.259. The number of nitrogens with one attached hydrogen (secondary N) is 1. The molecule has 1 fully saturated rings. The fraction of sp³-hybridized carbons (Fsp3) is 0.417. The monoisotopic (exact) mass is 452 g/mol. The highest BCUT2D eigenvalue weighted by Gasteiger charge is 2.29. The van der Waals surface area contributed by atoms with E-state index < -0.39 is 5.97 Å². The summed E-state index contributed by atoms with van der Waals surface area (Å²) < 4.78 is 21.2. The van der Waals surface area contributed by atoms with Gasteiger partial charge in [0.15, 0.2) is 0 Å². The van der Waals surface area contributed by atoms with Crippen LogP contribution in [0.5, 0.6) is 11.5 Å². The number of aryl methyl sites for hydroxylation is 1.